The first-order valence-electron chi connectivity index (χ1n) is 8.75. The Kier molecular flexibility index (Phi) is 4.34. The van der Waals surface area contributed by atoms with Crippen molar-refractivity contribution in [3.8, 4) is 5.75 Å². The smallest absolute Gasteiger partial charge is 0.332 e. The fraction of sp³-hybridized carbons (Fsp3) is 0.300. The number of imide groups is 1. The molecule has 134 valence electrons. The fourth-order valence-electron chi connectivity index (χ4n) is 3.71. The van der Waals surface area contributed by atoms with Crippen LogP contribution in [0.25, 0.3) is 0 Å². The van der Waals surface area contributed by atoms with E-state index in [1.54, 1.807) is 31.4 Å². The number of rotatable bonds is 4. The van der Waals surface area contributed by atoms with E-state index in [1.807, 2.05) is 35.2 Å². The molecule has 1 N–H and O–H groups in total. The summed E-state index contributed by atoms with van der Waals surface area (Å²) in [6.45, 7) is 1.22. The highest BCUT2D eigenvalue weighted by Crippen LogP contribution is 2.30. The Morgan fingerprint density at radius 1 is 1.08 bits per heavy atom. The molecule has 2 aliphatic heterocycles. The van der Waals surface area contributed by atoms with E-state index < -0.39 is 0 Å². The number of hydrogen-bond donors (Lipinski definition) is 1. The van der Waals surface area contributed by atoms with Crippen molar-refractivity contribution in [2.45, 2.75) is 25.0 Å². The molecule has 26 heavy (non-hydrogen) atoms. The van der Waals surface area contributed by atoms with Crippen molar-refractivity contribution in [3.05, 3.63) is 60.2 Å². The molecular formula is C20H21N3O3. The number of carbonyl (C=O) groups excluding carboxylic acids is 2. The highest BCUT2D eigenvalue weighted by atomic mass is 16.5. The molecule has 2 fully saturated rings. The Morgan fingerprint density at radius 2 is 1.81 bits per heavy atom. The van der Waals surface area contributed by atoms with Crippen LogP contribution in [0.5, 0.6) is 5.75 Å². The predicted octanol–water partition coefficient (Wildman–Crippen LogP) is 2.39. The van der Waals surface area contributed by atoms with Gasteiger partial charge in [-0.05, 0) is 42.8 Å². The van der Waals surface area contributed by atoms with Gasteiger partial charge in [0.1, 0.15) is 11.8 Å². The van der Waals surface area contributed by atoms with Crippen LogP contribution in [0.4, 0.5) is 10.5 Å². The number of methoxy groups -OCH3 is 1. The molecule has 2 aromatic rings. The quantitative estimate of drug-likeness (QED) is 0.919. The Morgan fingerprint density at radius 3 is 2.50 bits per heavy atom. The van der Waals surface area contributed by atoms with E-state index in [0.29, 0.717) is 18.0 Å². The van der Waals surface area contributed by atoms with Crippen LogP contribution in [0.3, 0.4) is 0 Å². The van der Waals surface area contributed by atoms with Crippen molar-refractivity contribution in [3.63, 3.8) is 0 Å². The SMILES string of the molecule is COc1ccc(N2C(=O)C3NCCC3N(Cc3ccccc3)C2=O)cc1. The minimum absolute atomic E-state index is 0.107. The topological polar surface area (TPSA) is 61.9 Å². The zero-order chi connectivity index (χ0) is 18.1. The molecule has 2 unspecified atom stereocenters. The summed E-state index contributed by atoms with van der Waals surface area (Å²) in [6.07, 6.45) is 0.783. The number of amides is 3. The molecular weight excluding hydrogens is 330 g/mol. The van der Waals surface area contributed by atoms with Gasteiger partial charge < -0.3 is 15.0 Å². The zero-order valence-corrected chi connectivity index (χ0v) is 14.6. The maximum absolute atomic E-state index is 13.2. The molecule has 0 aromatic heterocycles. The number of carbonyl (C=O) groups is 2. The third-order valence-electron chi connectivity index (χ3n) is 5.04. The van der Waals surface area contributed by atoms with Gasteiger partial charge in [-0.1, -0.05) is 30.3 Å². The van der Waals surface area contributed by atoms with Gasteiger partial charge in [0.15, 0.2) is 0 Å². The van der Waals surface area contributed by atoms with Crippen molar-refractivity contribution in [2.75, 3.05) is 18.6 Å². The van der Waals surface area contributed by atoms with E-state index in [4.69, 9.17) is 4.74 Å². The number of ether oxygens (including phenoxy) is 1. The molecule has 2 saturated heterocycles. The number of nitrogens with one attached hydrogen (secondary N) is 1. The fourth-order valence-corrected chi connectivity index (χ4v) is 3.71. The van der Waals surface area contributed by atoms with Crippen molar-refractivity contribution in [1.82, 2.24) is 10.2 Å². The Bertz CT molecular complexity index is 807. The number of benzene rings is 2. The van der Waals surface area contributed by atoms with Gasteiger partial charge in [-0.25, -0.2) is 9.69 Å². The molecule has 2 atom stereocenters. The predicted molar refractivity (Wildman–Crippen MR) is 98.1 cm³/mol. The first kappa shape index (κ1) is 16.6. The van der Waals surface area contributed by atoms with Crippen LogP contribution in [0.2, 0.25) is 0 Å². The van der Waals surface area contributed by atoms with E-state index in [-0.39, 0.29) is 24.0 Å². The minimum Gasteiger partial charge on any atom is -0.497 e. The van der Waals surface area contributed by atoms with Gasteiger partial charge in [-0.2, -0.15) is 0 Å². The van der Waals surface area contributed by atoms with Gasteiger partial charge in [-0.3, -0.25) is 4.79 Å². The van der Waals surface area contributed by atoms with Gasteiger partial charge in [0, 0.05) is 6.54 Å². The highest BCUT2D eigenvalue weighted by molar-refractivity contribution is 6.18. The third-order valence-corrected chi connectivity index (χ3v) is 5.04. The van der Waals surface area contributed by atoms with Crippen LogP contribution < -0.4 is 15.0 Å². The second-order valence-corrected chi connectivity index (χ2v) is 6.56. The number of fused-ring (bicyclic) bond motifs is 1. The summed E-state index contributed by atoms with van der Waals surface area (Å²) in [5.74, 6) is 0.496. The Balaban J connectivity index is 1.67. The van der Waals surface area contributed by atoms with Crippen molar-refractivity contribution >= 4 is 17.6 Å². The van der Waals surface area contributed by atoms with Gasteiger partial charge in [0.2, 0.25) is 0 Å². The molecule has 2 heterocycles. The lowest BCUT2D eigenvalue weighted by Gasteiger charge is -2.41. The van der Waals surface area contributed by atoms with Crippen molar-refractivity contribution < 1.29 is 14.3 Å². The second kappa shape index (κ2) is 6.80. The summed E-state index contributed by atoms with van der Waals surface area (Å²) in [6, 6.07) is 16.1. The lowest BCUT2D eigenvalue weighted by Crippen LogP contribution is -2.64. The third kappa shape index (κ3) is 2.82. The number of urea groups is 1. The van der Waals surface area contributed by atoms with Crippen molar-refractivity contribution in [1.29, 1.82) is 0 Å². The summed E-state index contributed by atoms with van der Waals surface area (Å²) >= 11 is 0. The Hall–Kier alpha value is -2.86. The number of hydrogen-bond acceptors (Lipinski definition) is 4. The van der Waals surface area contributed by atoms with Crippen LogP contribution >= 0.6 is 0 Å². The van der Waals surface area contributed by atoms with Crippen LogP contribution in [0.15, 0.2) is 54.6 Å². The van der Waals surface area contributed by atoms with Crippen LogP contribution in [0, 0.1) is 0 Å². The highest BCUT2D eigenvalue weighted by Gasteiger charge is 2.48. The molecule has 0 bridgehead atoms. The second-order valence-electron chi connectivity index (χ2n) is 6.56. The van der Waals surface area contributed by atoms with E-state index in [2.05, 4.69) is 5.32 Å². The van der Waals surface area contributed by atoms with E-state index in [9.17, 15) is 9.59 Å². The van der Waals surface area contributed by atoms with Gasteiger partial charge in [-0.15, -0.1) is 0 Å². The maximum atomic E-state index is 13.2. The Labute approximate surface area is 152 Å². The summed E-state index contributed by atoms with van der Waals surface area (Å²) in [5.41, 5.74) is 1.61. The molecule has 4 rings (SSSR count). The molecule has 0 spiro atoms. The summed E-state index contributed by atoms with van der Waals surface area (Å²) in [4.78, 5) is 29.3. The average Bonchev–Trinajstić information content (AvgIpc) is 3.17. The molecule has 0 radical (unpaired) electrons. The standard InChI is InChI=1S/C20H21N3O3/c1-26-16-9-7-15(8-10-16)23-19(24)18-17(11-12-21-18)22(20(23)25)13-14-5-3-2-4-6-14/h2-10,17-18,21H,11-13H2,1H3. The molecule has 2 aromatic carbocycles. The largest absolute Gasteiger partial charge is 0.497 e. The van der Waals surface area contributed by atoms with E-state index >= 15 is 0 Å². The molecule has 0 saturated carbocycles. The minimum atomic E-state index is -0.362. The average molecular weight is 351 g/mol. The lowest BCUT2D eigenvalue weighted by molar-refractivity contribution is -0.122. The first-order valence-corrected chi connectivity index (χ1v) is 8.75. The van der Waals surface area contributed by atoms with Gasteiger partial charge in [0.25, 0.3) is 5.91 Å². The van der Waals surface area contributed by atoms with E-state index in [0.717, 1.165) is 18.5 Å². The first-order chi connectivity index (χ1) is 12.7. The maximum Gasteiger partial charge on any atom is 0.332 e. The van der Waals surface area contributed by atoms with Crippen LogP contribution in [-0.2, 0) is 11.3 Å². The summed E-state index contributed by atoms with van der Waals surface area (Å²) < 4.78 is 5.17. The van der Waals surface area contributed by atoms with Crippen LogP contribution in [-0.4, -0.2) is 42.6 Å². The molecule has 0 aliphatic carbocycles. The number of anilines is 1. The van der Waals surface area contributed by atoms with Crippen LogP contribution in [0.1, 0.15) is 12.0 Å². The van der Waals surface area contributed by atoms with Gasteiger partial charge >= 0.3 is 6.03 Å². The van der Waals surface area contributed by atoms with Crippen molar-refractivity contribution in [2.24, 2.45) is 0 Å². The molecule has 6 nitrogen and oxygen atoms in total. The summed E-state index contributed by atoms with van der Waals surface area (Å²) in [5, 5.41) is 3.26. The zero-order valence-electron chi connectivity index (χ0n) is 14.6. The lowest BCUT2D eigenvalue weighted by atomic mass is 10.0. The molecule has 6 heteroatoms. The normalized spacial score (nSPS) is 22.5. The molecule has 2 aliphatic rings. The molecule has 3 amide bonds. The van der Waals surface area contributed by atoms with E-state index in [1.165, 1.54) is 4.90 Å². The number of nitrogens with zero attached hydrogens (tertiary/aromatic N) is 2. The monoisotopic (exact) mass is 351 g/mol. The van der Waals surface area contributed by atoms with Gasteiger partial charge in [0.05, 0.1) is 18.8 Å². The summed E-state index contributed by atoms with van der Waals surface area (Å²) in [7, 11) is 1.58.